The van der Waals surface area contributed by atoms with Crippen LogP contribution in [0.15, 0.2) is 35.5 Å². The SMILES string of the molecule is Nc1[nH]ncc1-c1ccccc1C1=NCCO1. The lowest BCUT2D eigenvalue weighted by atomic mass is 10.0. The highest BCUT2D eigenvalue weighted by Gasteiger charge is 2.17. The number of hydrogen-bond donors (Lipinski definition) is 2. The minimum Gasteiger partial charge on any atom is -0.475 e. The number of aliphatic imine (C=N–C) groups is 1. The molecule has 3 N–H and O–H groups in total. The minimum atomic E-state index is 0.552. The Morgan fingerprint density at radius 3 is 2.65 bits per heavy atom. The summed E-state index contributed by atoms with van der Waals surface area (Å²) in [6.07, 6.45) is 1.71. The molecule has 0 aliphatic carbocycles. The third-order valence-electron chi connectivity index (χ3n) is 2.70. The van der Waals surface area contributed by atoms with Crippen LogP contribution in [0.1, 0.15) is 5.56 Å². The molecule has 17 heavy (non-hydrogen) atoms. The third-order valence-corrected chi connectivity index (χ3v) is 2.70. The minimum absolute atomic E-state index is 0.552. The van der Waals surface area contributed by atoms with E-state index in [1.54, 1.807) is 6.20 Å². The molecule has 0 bridgehead atoms. The van der Waals surface area contributed by atoms with Crippen molar-refractivity contribution in [2.24, 2.45) is 4.99 Å². The summed E-state index contributed by atoms with van der Waals surface area (Å²) in [7, 11) is 0. The van der Waals surface area contributed by atoms with Crippen molar-refractivity contribution in [3.8, 4) is 11.1 Å². The van der Waals surface area contributed by atoms with Crippen LogP contribution in [0.2, 0.25) is 0 Å². The number of rotatable bonds is 2. The Balaban J connectivity index is 2.14. The highest BCUT2D eigenvalue weighted by Crippen LogP contribution is 2.28. The van der Waals surface area contributed by atoms with Crippen LogP contribution in [-0.4, -0.2) is 29.2 Å². The monoisotopic (exact) mass is 228 g/mol. The summed E-state index contributed by atoms with van der Waals surface area (Å²) in [5.74, 6) is 1.23. The lowest BCUT2D eigenvalue weighted by Gasteiger charge is -2.08. The molecule has 5 heteroatoms. The Morgan fingerprint density at radius 2 is 2.00 bits per heavy atom. The van der Waals surface area contributed by atoms with Crippen molar-refractivity contribution in [2.75, 3.05) is 18.9 Å². The molecule has 0 radical (unpaired) electrons. The lowest BCUT2D eigenvalue weighted by molar-refractivity contribution is 0.348. The van der Waals surface area contributed by atoms with Crippen molar-refractivity contribution < 1.29 is 4.74 Å². The Morgan fingerprint density at radius 1 is 1.18 bits per heavy atom. The number of nitrogens with one attached hydrogen (secondary N) is 1. The van der Waals surface area contributed by atoms with Crippen LogP contribution in [0.3, 0.4) is 0 Å². The van der Waals surface area contributed by atoms with Gasteiger partial charge in [0.2, 0.25) is 5.90 Å². The van der Waals surface area contributed by atoms with Gasteiger partial charge in [-0.3, -0.25) is 5.10 Å². The summed E-state index contributed by atoms with van der Waals surface area (Å²) in [5.41, 5.74) is 8.66. The summed E-state index contributed by atoms with van der Waals surface area (Å²) in [4.78, 5) is 4.33. The first-order valence-corrected chi connectivity index (χ1v) is 5.42. The number of nitrogens with zero attached hydrogens (tertiary/aromatic N) is 2. The number of aromatic nitrogens is 2. The van der Waals surface area contributed by atoms with Crippen molar-refractivity contribution >= 4 is 11.7 Å². The van der Waals surface area contributed by atoms with Crippen molar-refractivity contribution in [1.29, 1.82) is 0 Å². The smallest absolute Gasteiger partial charge is 0.216 e. The zero-order valence-electron chi connectivity index (χ0n) is 9.18. The Bertz CT molecular complexity index is 573. The van der Waals surface area contributed by atoms with E-state index in [0.29, 0.717) is 24.9 Å². The maximum Gasteiger partial charge on any atom is 0.216 e. The number of nitrogen functional groups attached to an aromatic ring is 1. The van der Waals surface area contributed by atoms with Gasteiger partial charge in [-0.25, -0.2) is 4.99 Å². The normalized spacial score (nSPS) is 14.5. The summed E-state index contributed by atoms with van der Waals surface area (Å²) < 4.78 is 5.50. The predicted molar refractivity (Wildman–Crippen MR) is 65.8 cm³/mol. The van der Waals surface area contributed by atoms with E-state index in [1.807, 2.05) is 24.3 Å². The topological polar surface area (TPSA) is 76.3 Å². The van der Waals surface area contributed by atoms with E-state index in [0.717, 1.165) is 16.7 Å². The molecule has 1 aliphatic heterocycles. The molecular formula is C12H12N4O. The van der Waals surface area contributed by atoms with Crippen LogP contribution in [-0.2, 0) is 4.74 Å². The molecule has 3 rings (SSSR count). The molecule has 86 valence electrons. The quantitative estimate of drug-likeness (QED) is 0.816. The summed E-state index contributed by atoms with van der Waals surface area (Å²) in [6.45, 7) is 1.36. The zero-order chi connectivity index (χ0) is 11.7. The Hall–Kier alpha value is -2.30. The van der Waals surface area contributed by atoms with Gasteiger partial charge in [0, 0.05) is 11.1 Å². The van der Waals surface area contributed by atoms with Crippen molar-refractivity contribution in [2.45, 2.75) is 0 Å². The van der Waals surface area contributed by atoms with Crippen LogP contribution < -0.4 is 5.73 Å². The van der Waals surface area contributed by atoms with E-state index in [2.05, 4.69) is 15.2 Å². The van der Waals surface area contributed by atoms with Gasteiger partial charge in [0.05, 0.1) is 12.7 Å². The molecule has 0 saturated carbocycles. The van der Waals surface area contributed by atoms with Gasteiger partial charge in [-0.05, 0) is 11.6 Å². The highest BCUT2D eigenvalue weighted by molar-refractivity contribution is 6.02. The summed E-state index contributed by atoms with van der Waals surface area (Å²) in [6, 6.07) is 7.88. The Kier molecular flexibility index (Phi) is 2.29. The number of aromatic amines is 1. The van der Waals surface area contributed by atoms with Crippen LogP contribution in [0.4, 0.5) is 5.82 Å². The Labute approximate surface area is 98.3 Å². The molecule has 0 saturated heterocycles. The number of anilines is 1. The number of ether oxygens (including phenoxy) is 1. The van der Waals surface area contributed by atoms with Crippen molar-refractivity contribution in [3.05, 3.63) is 36.0 Å². The van der Waals surface area contributed by atoms with Gasteiger partial charge in [-0.15, -0.1) is 0 Å². The van der Waals surface area contributed by atoms with E-state index in [4.69, 9.17) is 10.5 Å². The number of nitrogens with two attached hydrogens (primary N) is 1. The van der Waals surface area contributed by atoms with Gasteiger partial charge in [-0.2, -0.15) is 5.10 Å². The van der Waals surface area contributed by atoms with Gasteiger partial charge >= 0.3 is 0 Å². The van der Waals surface area contributed by atoms with Gasteiger partial charge in [0.15, 0.2) is 0 Å². The number of hydrogen-bond acceptors (Lipinski definition) is 4. The van der Waals surface area contributed by atoms with E-state index in [-0.39, 0.29) is 0 Å². The summed E-state index contributed by atoms with van der Waals surface area (Å²) >= 11 is 0. The lowest BCUT2D eigenvalue weighted by Crippen LogP contribution is -2.03. The maximum atomic E-state index is 5.84. The van der Waals surface area contributed by atoms with E-state index in [1.165, 1.54) is 0 Å². The number of benzene rings is 1. The van der Waals surface area contributed by atoms with Gasteiger partial charge in [0.25, 0.3) is 0 Å². The molecular weight excluding hydrogens is 216 g/mol. The molecule has 2 aromatic rings. The van der Waals surface area contributed by atoms with Crippen LogP contribution in [0, 0.1) is 0 Å². The molecule has 0 atom stereocenters. The van der Waals surface area contributed by atoms with Crippen molar-refractivity contribution in [3.63, 3.8) is 0 Å². The largest absolute Gasteiger partial charge is 0.475 e. The second kappa shape index (κ2) is 3.93. The van der Waals surface area contributed by atoms with Crippen molar-refractivity contribution in [1.82, 2.24) is 10.2 Å². The fraction of sp³-hybridized carbons (Fsp3) is 0.167. The molecule has 1 aromatic heterocycles. The molecule has 0 fully saturated rings. The van der Waals surface area contributed by atoms with E-state index in [9.17, 15) is 0 Å². The molecule has 0 unspecified atom stereocenters. The molecule has 0 amide bonds. The molecule has 2 heterocycles. The highest BCUT2D eigenvalue weighted by atomic mass is 16.5. The van der Waals surface area contributed by atoms with E-state index < -0.39 is 0 Å². The molecule has 0 spiro atoms. The molecule has 5 nitrogen and oxygen atoms in total. The number of H-pyrrole nitrogens is 1. The molecule has 1 aliphatic rings. The second-order valence-corrected chi connectivity index (χ2v) is 3.78. The third kappa shape index (κ3) is 1.65. The van der Waals surface area contributed by atoms with E-state index >= 15 is 0 Å². The fourth-order valence-electron chi connectivity index (χ4n) is 1.91. The predicted octanol–water partition coefficient (Wildman–Crippen LogP) is 1.44. The van der Waals surface area contributed by atoms with Gasteiger partial charge < -0.3 is 10.5 Å². The standard InChI is InChI=1S/C12H12N4O/c13-11-10(7-15-16-11)8-3-1-2-4-9(8)12-14-5-6-17-12/h1-4,7H,5-6H2,(H3,13,15,16). The average Bonchev–Trinajstić information content (AvgIpc) is 3.00. The first-order chi connectivity index (χ1) is 8.36. The second-order valence-electron chi connectivity index (χ2n) is 3.78. The van der Waals surface area contributed by atoms with Crippen LogP contribution in [0.25, 0.3) is 11.1 Å². The van der Waals surface area contributed by atoms with Gasteiger partial charge in [-0.1, -0.05) is 18.2 Å². The fourth-order valence-corrected chi connectivity index (χ4v) is 1.91. The first-order valence-electron chi connectivity index (χ1n) is 5.42. The summed E-state index contributed by atoms with van der Waals surface area (Å²) in [5, 5.41) is 6.67. The first kappa shape index (κ1) is 9.89. The maximum absolute atomic E-state index is 5.84. The zero-order valence-corrected chi connectivity index (χ0v) is 9.18. The average molecular weight is 228 g/mol. The van der Waals surface area contributed by atoms with Crippen LogP contribution >= 0.6 is 0 Å². The molecule has 1 aromatic carbocycles. The van der Waals surface area contributed by atoms with Crippen LogP contribution in [0.5, 0.6) is 0 Å². The van der Waals surface area contributed by atoms with Gasteiger partial charge in [0.1, 0.15) is 12.4 Å².